The minimum atomic E-state index is 0.0259. The molecule has 1 aliphatic rings. The van der Waals surface area contributed by atoms with E-state index in [0.29, 0.717) is 0 Å². The molecule has 1 amide bonds. The predicted octanol–water partition coefficient (Wildman–Crippen LogP) is 2.92. The first-order valence-corrected chi connectivity index (χ1v) is 6.58. The van der Waals surface area contributed by atoms with Gasteiger partial charge in [0.05, 0.1) is 11.7 Å². The number of hydrogen-bond donors (Lipinski definition) is 1. The Hall–Kier alpha value is -1.64. The van der Waals surface area contributed by atoms with Gasteiger partial charge in [0, 0.05) is 12.1 Å². The van der Waals surface area contributed by atoms with E-state index in [-0.39, 0.29) is 17.9 Å². The standard InChI is InChI=1S/C15H20N2O/c1-3-13(14-10-11(2)8-9-16-14)17-15(18)12-6-4-5-7-12/h4-5,8-10,12-13H,3,6-7H2,1-2H3,(H,17,18). The van der Waals surface area contributed by atoms with Crippen molar-refractivity contribution in [3.63, 3.8) is 0 Å². The maximum absolute atomic E-state index is 12.1. The van der Waals surface area contributed by atoms with Crippen LogP contribution in [0.3, 0.4) is 0 Å². The summed E-state index contributed by atoms with van der Waals surface area (Å²) in [4.78, 5) is 16.5. The second kappa shape index (κ2) is 5.80. The molecular weight excluding hydrogens is 224 g/mol. The number of hydrogen-bond acceptors (Lipinski definition) is 2. The molecule has 18 heavy (non-hydrogen) atoms. The van der Waals surface area contributed by atoms with Gasteiger partial charge in [0.2, 0.25) is 5.91 Å². The van der Waals surface area contributed by atoms with Crippen molar-refractivity contribution >= 4 is 5.91 Å². The Labute approximate surface area is 108 Å². The zero-order valence-corrected chi connectivity index (χ0v) is 11.0. The van der Waals surface area contributed by atoms with Crippen molar-refractivity contribution in [2.45, 2.75) is 39.2 Å². The van der Waals surface area contributed by atoms with E-state index in [1.807, 2.05) is 19.1 Å². The SMILES string of the molecule is CCC(NC(=O)C1CC=CC1)c1cc(C)ccn1. The van der Waals surface area contributed by atoms with Crippen molar-refractivity contribution < 1.29 is 4.79 Å². The van der Waals surface area contributed by atoms with Crippen LogP contribution in [-0.4, -0.2) is 10.9 Å². The highest BCUT2D eigenvalue weighted by atomic mass is 16.1. The summed E-state index contributed by atoms with van der Waals surface area (Å²) in [5, 5.41) is 3.11. The molecule has 96 valence electrons. The molecule has 0 fully saturated rings. The van der Waals surface area contributed by atoms with Crippen LogP contribution in [0.15, 0.2) is 30.5 Å². The van der Waals surface area contributed by atoms with Crippen LogP contribution in [0.5, 0.6) is 0 Å². The molecule has 0 spiro atoms. The maximum Gasteiger partial charge on any atom is 0.224 e. The topological polar surface area (TPSA) is 42.0 Å². The molecule has 0 bridgehead atoms. The van der Waals surface area contributed by atoms with Gasteiger partial charge in [0.1, 0.15) is 0 Å². The lowest BCUT2D eigenvalue weighted by Crippen LogP contribution is -2.33. The molecule has 0 aromatic carbocycles. The Morgan fingerprint density at radius 1 is 1.50 bits per heavy atom. The summed E-state index contributed by atoms with van der Waals surface area (Å²) in [5.74, 6) is 0.263. The first kappa shape index (κ1) is 12.8. The molecule has 3 heteroatoms. The van der Waals surface area contributed by atoms with Gasteiger partial charge in [-0.05, 0) is 43.9 Å². The number of rotatable bonds is 4. The van der Waals surface area contributed by atoms with Crippen LogP contribution in [0, 0.1) is 12.8 Å². The molecule has 1 N–H and O–H groups in total. The predicted molar refractivity (Wildman–Crippen MR) is 72.0 cm³/mol. The summed E-state index contributed by atoms with van der Waals surface area (Å²) in [6.45, 7) is 4.11. The lowest BCUT2D eigenvalue weighted by Gasteiger charge is -2.19. The van der Waals surface area contributed by atoms with Gasteiger partial charge in [-0.2, -0.15) is 0 Å². The Balaban J connectivity index is 2.03. The second-order valence-corrected chi connectivity index (χ2v) is 4.87. The van der Waals surface area contributed by atoms with Crippen molar-refractivity contribution in [3.05, 3.63) is 41.7 Å². The van der Waals surface area contributed by atoms with Crippen molar-refractivity contribution in [1.82, 2.24) is 10.3 Å². The average molecular weight is 244 g/mol. The molecule has 2 rings (SSSR count). The summed E-state index contributed by atoms with van der Waals surface area (Å²) in [6.07, 6.45) is 8.55. The van der Waals surface area contributed by atoms with Crippen molar-refractivity contribution in [1.29, 1.82) is 0 Å². The second-order valence-electron chi connectivity index (χ2n) is 4.87. The zero-order chi connectivity index (χ0) is 13.0. The molecule has 0 saturated heterocycles. The number of carbonyl (C=O) groups excluding carboxylic acids is 1. The molecule has 1 heterocycles. The lowest BCUT2D eigenvalue weighted by atomic mass is 10.0. The normalized spacial score (nSPS) is 16.8. The van der Waals surface area contributed by atoms with Gasteiger partial charge in [0.15, 0.2) is 0 Å². The van der Waals surface area contributed by atoms with Crippen LogP contribution in [-0.2, 0) is 4.79 Å². The molecular formula is C15H20N2O. The fraction of sp³-hybridized carbons (Fsp3) is 0.467. The Bertz CT molecular complexity index is 446. The molecule has 0 saturated carbocycles. The Kier molecular flexibility index (Phi) is 4.13. The summed E-state index contributed by atoms with van der Waals surface area (Å²) in [6, 6.07) is 4.04. The van der Waals surface area contributed by atoms with E-state index in [9.17, 15) is 4.79 Å². The first-order valence-electron chi connectivity index (χ1n) is 6.58. The lowest BCUT2D eigenvalue weighted by molar-refractivity contribution is -0.125. The van der Waals surface area contributed by atoms with Crippen LogP contribution < -0.4 is 5.32 Å². The molecule has 1 unspecified atom stereocenters. The maximum atomic E-state index is 12.1. The smallest absolute Gasteiger partial charge is 0.224 e. The largest absolute Gasteiger partial charge is 0.347 e. The van der Waals surface area contributed by atoms with E-state index in [1.54, 1.807) is 6.20 Å². The highest BCUT2D eigenvalue weighted by Gasteiger charge is 2.22. The van der Waals surface area contributed by atoms with Gasteiger partial charge >= 0.3 is 0 Å². The van der Waals surface area contributed by atoms with Crippen molar-refractivity contribution in [2.24, 2.45) is 5.92 Å². The highest BCUT2D eigenvalue weighted by molar-refractivity contribution is 5.79. The molecule has 1 aromatic heterocycles. The van der Waals surface area contributed by atoms with Crippen LogP contribution in [0.2, 0.25) is 0 Å². The number of carbonyl (C=O) groups is 1. The van der Waals surface area contributed by atoms with Crippen LogP contribution >= 0.6 is 0 Å². The third-order valence-corrected chi connectivity index (χ3v) is 3.40. The van der Waals surface area contributed by atoms with Crippen LogP contribution in [0.25, 0.3) is 0 Å². The number of aromatic nitrogens is 1. The Morgan fingerprint density at radius 3 is 2.83 bits per heavy atom. The molecule has 1 aliphatic carbocycles. The number of amides is 1. The van der Waals surface area contributed by atoms with E-state index < -0.39 is 0 Å². The summed E-state index contributed by atoms with van der Waals surface area (Å²) < 4.78 is 0. The average Bonchev–Trinajstić information content (AvgIpc) is 2.89. The van der Waals surface area contributed by atoms with Gasteiger partial charge < -0.3 is 5.32 Å². The van der Waals surface area contributed by atoms with Gasteiger partial charge in [0.25, 0.3) is 0 Å². The van der Waals surface area contributed by atoms with Crippen LogP contribution in [0.4, 0.5) is 0 Å². The molecule has 1 atom stereocenters. The fourth-order valence-corrected chi connectivity index (χ4v) is 2.26. The van der Waals surface area contributed by atoms with Gasteiger partial charge in [-0.25, -0.2) is 0 Å². The minimum absolute atomic E-state index is 0.0259. The Morgan fingerprint density at radius 2 is 2.22 bits per heavy atom. The van der Waals surface area contributed by atoms with E-state index >= 15 is 0 Å². The number of aryl methyl sites for hydroxylation is 1. The van der Waals surface area contributed by atoms with E-state index in [2.05, 4.69) is 29.4 Å². The molecule has 1 aromatic rings. The van der Waals surface area contributed by atoms with E-state index in [4.69, 9.17) is 0 Å². The molecule has 0 radical (unpaired) electrons. The highest BCUT2D eigenvalue weighted by Crippen LogP contribution is 2.21. The summed E-state index contributed by atoms with van der Waals surface area (Å²) >= 11 is 0. The van der Waals surface area contributed by atoms with E-state index in [0.717, 1.165) is 25.0 Å². The minimum Gasteiger partial charge on any atom is -0.347 e. The third-order valence-electron chi connectivity index (χ3n) is 3.40. The van der Waals surface area contributed by atoms with Crippen LogP contribution in [0.1, 0.15) is 43.5 Å². The number of nitrogens with one attached hydrogen (secondary N) is 1. The van der Waals surface area contributed by atoms with Gasteiger partial charge in [-0.3, -0.25) is 9.78 Å². The monoisotopic (exact) mass is 244 g/mol. The molecule has 3 nitrogen and oxygen atoms in total. The van der Waals surface area contributed by atoms with E-state index in [1.165, 1.54) is 5.56 Å². The quantitative estimate of drug-likeness (QED) is 0.827. The van der Waals surface area contributed by atoms with Crippen molar-refractivity contribution in [3.8, 4) is 0 Å². The summed E-state index contributed by atoms with van der Waals surface area (Å²) in [7, 11) is 0. The third kappa shape index (κ3) is 2.97. The number of nitrogens with zero attached hydrogens (tertiary/aromatic N) is 1. The number of allylic oxidation sites excluding steroid dienone is 2. The number of pyridine rings is 1. The summed E-state index contributed by atoms with van der Waals surface area (Å²) in [5.41, 5.74) is 2.13. The first-order chi connectivity index (χ1) is 8.70. The van der Waals surface area contributed by atoms with Gasteiger partial charge in [-0.1, -0.05) is 19.1 Å². The van der Waals surface area contributed by atoms with Gasteiger partial charge in [-0.15, -0.1) is 0 Å². The molecule has 0 aliphatic heterocycles. The fourth-order valence-electron chi connectivity index (χ4n) is 2.26. The van der Waals surface area contributed by atoms with Crippen molar-refractivity contribution in [2.75, 3.05) is 0 Å². The zero-order valence-electron chi connectivity index (χ0n) is 11.0.